The van der Waals surface area contributed by atoms with Crippen LogP contribution in [0.4, 0.5) is 5.00 Å². The van der Waals surface area contributed by atoms with Crippen LogP contribution in [0.2, 0.25) is 0 Å². The van der Waals surface area contributed by atoms with Gasteiger partial charge in [0.15, 0.2) is 0 Å². The summed E-state index contributed by atoms with van der Waals surface area (Å²) in [5.41, 5.74) is 0. The summed E-state index contributed by atoms with van der Waals surface area (Å²) in [6.45, 7) is 0.688. The molecular weight excluding hydrogens is 246 g/mol. The van der Waals surface area contributed by atoms with Crippen LogP contribution in [0.25, 0.3) is 0 Å². The molecule has 0 bridgehead atoms. The zero-order chi connectivity index (χ0) is 12.7. The molecule has 7 heteroatoms. The van der Waals surface area contributed by atoms with Crippen LogP contribution < -0.4 is 5.32 Å². The highest BCUT2D eigenvalue weighted by atomic mass is 32.1. The second-order valence-corrected chi connectivity index (χ2v) is 4.15. The molecule has 0 fully saturated rings. The van der Waals surface area contributed by atoms with Crippen molar-refractivity contribution in [2.45, 2.75) is 0 Å². The number of hydrogen-bond acceptors (Lipinski definition) is 5. The number of anilines is 1. The first kappa shape index (κ1) is 13.6. The molecular formula is C10H13NO5S. The molecule has 0 atom stereocenters. The maximum Gasteiger partial charge on any atom is 0.345 e. The largest absolute Gasteiger partial charge is 0.477 e. The van der Waals surface area contributed by atoms with E-state index in [2.05, 4.69) is 5.32 Å². The summed E-state index contributed by atoms with van der Waals surface area (Å²) in [7, 11) is 1.54. The molecule has 0 aromatic carbocycles. The summed E-state index contributed by atoms with van der Waals surface area (Å²) >= 11 is 1.00. The van der Waals surface area contributed by atoms with Gasteiger partial charge in [-0.15, -0.1) is 11.3 Å². The van der Waals surface area contributed by atoms with Crippen LogP contribution in [0.5, 0.6) is 0 Å². The van der Waals surface area contributed by atoms with E-state index in [0.717, 1.165) is 11.3 Å². The Morgan fingerprint density at radius 1 is 1.41 bits per heavy atom. The summed E-state index contributed by atoms with van der Waals surface area (Å²) in [6.07, 6.45) is 0. The van der Waals surface area contributed by atoms with Gasteiger partial charge < -0.3 is 19.9 Å². The number of thiophene rings is 1. The van der Waals surface area contributed by atoms with E-state index >= 15 is 0 Å². The van der Waals surface area contributed by atoms with Gasteiger partial charge in [0.05, 0.1) is 18.2 Å². The monoisotopic (exact) mass is 259 g/mol. The minimum absolute atomic E-state index is 0.0797. The molecule has 1 rings (SSSR count). The van der Waals surface area contributed by atoms with Crippen molar-refractivity contribution in [3.63, 3.8) is 0 Å². The van der Waals surface area contributed by atoms with Crippen LogP contribution in [0.3, 0.4) is 0 Å². The molecule has 0 aliphatic rings. The lowest BCUT2D eigenvalue weighted by Gasteiger charge is -2.03. The fourth-order valence-electron chi connectivity index (χ4n) is 1.00. The Hall–Kier alpha value is -1.44. The predicted octanol–water partition coefficient (Wildman–Crippen LogP) is 1.05. The van der Waals surface area contributed by atoms with Gasteiger partial charge >= 0.3 is 5.97 Å². The Morgan fingerprint density at radius 3 is 2.76 bits per heavy atom. The standard InChI is InChI=1S/C10H13NO5S/c1-15-4-5-16-6-8(12)11-9-3-2-7(17-9)10(13)14/h2-3H,4-6H2,1H3,(H,11,12)(H,13,14). The molecule has 0 unspecified atom stereocenters. The molecule has 2 N–H and O–H groups in total. The van der Waals surface area contributed by atoms with Crippen molar-refractivity contribution in [3.05, 3.63) is 17.0 Å². The fourth-order valence-corrected chi connectivity index (χ4v) is 1.76. The highest BCUT2D eigenvalue weighted by Crippen LogP contribution is 2.21. The molecule has 1 aromatic rings. The number of methoxy groups -OCH3 is 1. The maximum absolute atomic E-state index is 11.3. The van der Waals surface area contributed by atoms with Gasteiger partial charge in [0.25, 0.3) is 5.91 Å². The average Bonchev–Trinajstić information content (AvgIpc) is 2.73. The first-order valence-corrected chi connectivity index (χ1v) is 5.65. The number of aromatic carboxylic acids is 1. The first-order valence-electron chi connectivity index (χ1n) is 4.83. The molecule has 94 valence electrons. The van der Waals surface area contributed by atoms with Gasteiger partial charge in [-0.2, -0.15) is 0 Å². The second kappa shape index (κ2) is 7.00. The number of carbonyl (C=O) groups excluding carboxylic acids is 1. The third-order valence-corrected chi connectivity index (χ3v) is 2.73. The third-order valence-electron chi connectivity index (χ3n) is 1.74. The quantitative estimate of drug-likeness (QED) is 0.715. The number of amides is 1. The smallest absolute Gasteiger partial charge is 0.345 e. The lowest BCUT2D eigenvalue weighted by Crippen LogP contribution is -2.19. The van der Waals surface area contributed by atoms with Crippen LogP contribution >= 0.6 is 11.3 Å². The zero-order valence-corrected chi connectivity index (χ0v) is 10.1. The third kappa shape index (κ3) is 4.94. The molecule has 6 nitrogen and oxygen atoms in total. The minimum atomic E-state index is -1.01. The van der Waals surface area contributed by atoms with Gasteiger partial charge in [0, 0.05) is 7.11 Å². The SMILES string of the molecule is COCCOCC(=O)Nc1ccc(C(=O)O)s1. The lowest BCUT2D eigenvalue weighted by atomic mass is 10.5. The van der Waals surface area contributed by atoms with Crippen LogP contribution in [0.1, 0.15) is 9.67 Å². The van der Waals surface area contributed by atoms with Crippen LogP contribution in [-0.2, 0) is 14.3 Å². The van der Waals surface area contributed by atoms with Gasteiger partial charge in [0.1, 0.15) is 11.5 Å². The van der Waals surface area contributed by atoms with E-state index in [9.17, 15) is 9.59 Å². The molecule has 0 aliphatic carbocycles. The Labute approximate surface area is 102 Å². The van der Waals surface area contributed by atoms with Crippen LogP contribution in [0.15, 0.2) is 12.1 Å². The molecule has 0 aliphatic heterocycles. The predicted molar refractivity (Wildman–Crippen MR) is 62.6 cm³/mol. The van der Waals surface area contributed by atoms with Gasteiger partial charge in [-0.25, -0.2) is 4.79 Å². The van der Waals surface area contributed by atoms with Crippen LogP contribution in [0, 0.1) is 0 Å². The molecule has 17 heavy (non-hydrogen) atoms. The minimum Gasteiger partial charge on any atom is -0.477 e. The Bertz CT molecular complexity index is 390. The number of ether oxygens (including phenoxy) is 2. The summed E-state index contributed by atoms with van der Waals surface area (Å²) < 4.78 is 9.77. The number of carbonyl (C=O) groups is 2. The molecule has 1 amide bonds. The summed E-state index contributed by atoms with van der Waals surface area (Å²) in [4.78, 5) is 22.1. The van der Waals surface area contributed by atoms with Crippen molar-refractivity contribution in [2.75, 3.05) is 32.2 Å². The van der Waals surface area contributed by atoms with Gasteiger partial charge in [-0.3, -0.25) is 4.79 Å². The van der Waals surface area contributed by atoms with E-state index in [1.165, 1.54) is 6.07 Å². The summed E-state index contributed by atoms with van der Waals surface area (Å²) in [6, 6.07) is 2.98. The average molecular weight is 259 g/mol. The van der Waals surface area contributed by atoms with Crippen molar-refractivity contribution in [1.82, 2.24) is 0 Å². The molecule has 1 aromatic heterocycles. The zero-order valence-electron chi connectivity index (χ0n) is 9.26. The van der Waals surface area contributed by atoms with Crippen molar-refractivity contribution < 1.29 is 24.2 Å². The summed E-state index contributed by atoms with van der Waals surface area (Å²) in [5, 5.41) is 11.7. The summed E-state index contributed by atoms with van der Waals surface area (Å²) in [5.74, 6) is -1.33. The van der Waals surface area contributed by atoms with E-state index in [4.69, 9.17) is 14.6 Å². The Kier molecular flexibility index (Phi) is 5.61. The van der Waals surface area contributed by atoms with E-state index in [-0.39, 0.29) is 17.4 Å². The van der Waals surface area contributed by atoms with Gasteiger partial charge in [-0.1, -0.05) is 0 Å². The van der Waals surface area contributed by atoms with Crippen molar-refractivity contribution >= 4 is 28.2 Å². The maximum atomic E-state index is 11.3. The van der Waals surface area contributed by atoms with Crippen molar-refractivity contribution in [1.29, 1.82) is 0 Å². The molecule has 0 saturated carbocycles. The van der Waals surface area contributed by atoms with E-state index in [0.29, 0.717) is 18.2 Å². The molecule has 0 radical (unpaired) electrons. The lowest BCUT2D eigenvalue weighted by molar-refractivity contribution is -0.121. The topological polar surface area (TPSA) is 84.9 Å². The van der Waals surface area contributed by atoms with Crippen LogP contribution in [-0.4, -0.2) is 43.9 Å². The second-order valence-electron chi connectivity index (χ2n) is 3.06. The highest BCUT2D eigenvalue weighted by Gasteiger charge is 2.09. The molecule has 0 saturated heterocycles. The number of rotatable bonds is 7. The molecule has 1 heterocycles. The fraction of sp³-hybridized carbons (Fsp3) is 0.400. The number of hydrogen-bond donors (Lipinski definition) is 2. The van der Waals surface area contributed by atoms with Crippen molar-refractivity contribution in [3.8, 4) is 0 Å². The van der Waals surface area contributed by atoms with Crippen molar-refractivity contribution in [2.24, 2.45) is 0 Å². The highest BCUT2D eigenvalue weighted by molar-refractivity contribution is 7.18. The Morgan fingerprint density at radius 2 is 2.18 bits per heavy atom. The Balaban J connectivity index is 2.32. The molecule has 0 spiro atoms. The number of carboxylic acid groups (broad SMARTS) is 1. The normalized spacial score (nSPS) is 10.2. The first-order chi connectivity index (χ1) is 8.13. The van der Waals surface area contributed by atoms with Gasteiger partial charge in [-0.05, 0) is 12.1 Å². The van der Waals surface area contributed by atoms with E-state index < -0.39 is 5.97 Å². The van der Waals surface area contributed by atoms with E-state index in [1.54, 1.807) is 13.2 Å². The number of nitrogens with one attached hydrogen (secondary N) is 1. The van der Waals surface area contributed by atoms with E-state index in [1.807, 2.05) is 0 Å². The van der Waals surface area contributed by atoms with Gasteiger partial charge in [0.2, 0.25) is 0 Å². The number of carboxylic acids is 1.